The summed E-state index contributed by atoms with van der Waals surface area (Å²) in [5, 5.41) is 0. The number of hydrogen-bond acceptors (Lipinski definition) is 2. The molecule has 0 fully saturated rings. The van der Waals surface area contributed by atoms with E-state index in [4.69, 9.17) is 4.74 Å². The van der Waals surface area contributed by atoms with Gasteiger partial charge >= 0.3 is 0 Å². The highest BCUT2D eigenvalue weighted by Gasteiger charge is 2.41. The smallest absolute Gasteiger partial charge is 0.207 e. The van der Waals surface area contributed by atoms with Gasteiger partial charge in [-0.15, -0.1) is 0 Å². The van der Waals surface area contributed by atoms with Crippen molar-refractivity contribution in [2.24, 2.45) is 0 Å². The van der Waals surface area contributed by atoms with Crippen LogP contribution in [0.25, 0.3) is 6.08 Å². The third-order valence-electron chi connectivity index (χ3n) is 3.77. The number of allylic oxidation sites excluding steroid dienone is 1. The molecule has 2 aromatic carbocycles. The summed E-state index contributed by atoms with van der Waals surface area (Å²) in [6.07, 6.45) is 4.79. The Hall–Kier alpha value is -2.75. The molecule has 3 rings (SSSR count). The summed E-state index contributed by atoms with van der Waals surface area (Å²) in [6.45, 7) is 1.65. The minimum atomic E-state index is -1.16. The molecular formula is C19H14F2O2. The lowest BCUT2D eigenvalue weighted by Gasteiger charge is -2.23. The molecule has 0 spiro atoms. The van der Waals surface area contributed by atoms with Crippen molar-refractivity contribution in [3.05, 3.63) is 89.2 Å². The number of carbonyl (C=O) groups is 1. The van der Waals surface area contributed by atoms with Crippen LogP contribution in [0.2, 0.25) is 0 Å². The molecule has 0 aromatic heterocycles. The number of hydrogen-bond donors (Lipinski definition) is 0. The first-order chi connectivity index (χ1) is 11.0. The largest absolute Gasteiger partial charge is 0.475 e. The molecule has 1 atom stereocenters. The molecule has 0 aliphatic carbocycles. The second-order valence-electron chi connectivity index (χ2n) is 5.44. The molecule has 116 valence electrons. The van der Waals surface area contributed by atoms with E-state index in [2.05, 4.69) is 0 Å². The van der Waals surface area contributed by atoms with Crippen LogP contribution in [0, 0.1) is 11.6 Å². The quantitative estimate of drug-likeness (QED) is 0.841. The maximum Gasteiger partial charge on any atom is 0.207 e. The van der Waals surface area contributed by atoms with Gasteiger partial charge in [-0.1, -0.05) is 30.3 Å². The van der Waals surface area contributed by atoms with E-state index in [0.717, 1.165) is 5.56 Å². The van der Waals surface area contributed by atoms with Gasteiger partial charge in [0.15, 0.2) is 5.60 Å². The molecule has 4 heteroatoms. The van der Waals surface area contributed by atoms with Crippen molar-refractivity contribution in [1.29, 1.82) is 0 Å². The van der Waals surface area contributed by atoms with Gasteiger partial charge in [0.2, 0.25) is 5.78 Å². The van der Waals surface area contributed by atoms with Gasteiger partial charge in [-0.25, -0.2) is 8.78 Å². The van der Waals surface area contributed by atoms with Crippen LogP contribution in [0.15, 0.2) is 66.4 Å². The Balaban J connectivity index is 1.79. The normalized spacial score (nSPS) is 20.7. The van der Waals surface area contributed by atoms with Gasteiger partial charge in [0, 0.05) is 11.6 Å². The fraction of sp³-hybridized carbons (Fsp3) is 0.105. The zero-order valence-electron chi connectivity index (χ0n) is 12.4. The second-order valence-corrected chi connectivity index (χ2v) is 5.44. The van der Waals surface area contributed by atoms with Crippen molar-refractivity contribution in [2.45, 2.75) is 12.5 Å². The van der Waals surface area contributed by atoms with Gasteiger partial charge in [-0.05, 0) is 42.8 Å². The van der Waals surface area contributed by atoms with Gasteiger partial charge in [0.25, 0.3) is 0 Å². The van der Waals surface area contributed by atoms with Crippen LogP contribution in [0.5, 0.6) is 0 Å². The fourth-order valence-electron chi connectivity index (χ4n) is 2.39. The molecule has 0 saturated carbocycles. The topological polar surface area (TPSA) is 26.3 Å². The molecular weight excluding hydrogens is 298 g/mol. The average molecular weight is 312 g/mol. The Labute approximate surface area is 132 Å². The summed E-state index contributed by atoms with van der Waals surface area (Å²) in [6, 6.07) is 11.6. The van der Waals surface area contributed by atoms with Crippen LogP contribution in [0.3, 0.4) is 0 Å². The minimum absolute atomic E-state index is 0.206. The summed E-state index contributed by atoms with van der Waals surface area (Å²) >= 11 is 0. The minimum Gasteiger partial charge on any atom is -0.475 e. The van der Waals surface area contributed by atoms with Crippen LogP contribution in [0.1, 0.15) is 18.1 Å². The van der Waals surface area contributed by atoms with Crippen molar-refractivity contribution in [3.63, 3.8) is 0 Å². The number of benzene rings is 2. The summed E-state index contributed by atoms with van der Waals surface area (Å²) in [5.41, 5.74) is 0.222. The van der Waals surface area contributed by atoms with Gasteiger partial charge < -0.3 is 4.74 Å². The number of ketones is 1. The predicted octanol–water partition coefficient (Wildman–Crippen LogP) is 4.38. The lowest BCUT2D eigenvalue weighted by molar-refractivity contribution is -0.129. The highest BCUT2D eigenvalue weighted by Crippen LogP contribution is 2.35. The van der Waals surface area contributed by atoms with E-state index in [1.807, 2.05) is 0 Å². The zero-order chi connectivity index (χ0) is 16.4. The Morgan fingerprint density at radius 3 is 2.09 bits per heavy atom. The highest BCUT2D eigenvalue weighted by atomic mass is 19.1. The third kappa shape index (κ3) is 3.06. The van der Waals surface area contributed by atoms with Crippen LogP contribution in [-0.4, -0.2) is 5.78 Å². The predicted molar refractivity (Wildman–Crippen MR) is 83.4 cm³/mol. The van der Waals surface area contributed by atoms with Crippen LogP contribution in [0.4, 0.5) is 8.78 Å². The van der Waals surface area contributed by atoms with Crippen molar-refractivity contribution in [3.8, 4) is 0 Å². The Morgan fingerprint density at radius 1 is 0.913 bits per heavy atom. The molecule has 0 bridgehead atoms. The Kier molecular flexibility index (Phi) is 3.82. The molecule has 1 aliphatic heterocycles. The first-order valence-corrected chi connectivity index (χ1v) is 7.12. The van der Waals surface area contributed by atoms with Gasteiger partial charge in [0.05, 0.1) is 0 Å². The van der Waals surface area contributed by atoms with E-state index in [1.54, 1.807) is 31.2 Å². The molecule has 1 heterocycles. The molecule has 2 nitrogen and oxygen atoms in total. The molecule has 23 heavy (non-hydrogen) atoms. The maximum absolute atomic E-state index is 13.0. The molecule has 0 amide bonds. The summed E-state index contributed by atoms with van der Waals surface area (Å²) in [4.78, 5) is 12.3. The first kappa shape index (κ1) is 15.2. The maximum atomic E-state index is 13.0. The van der Waals surface area contributed by atoms with Crippen LogP contribution < -0.4 is 0 Å². The van der Waals surface area contributed by atoms with Gasteiger partial charge in [-0.3, -0.25) is 4.79 Å². The first-order valence-electron chi connectivity index (χ1n) is 7.12. The average Bonchev–Trinajstić information content (AvgIpc) is 2.83. The summed E-state index contributed by atoms with van der Waals surface area (Å²) in [7, 11) is 0. The van der Waals surface area contributed by atoms with Crippen molar-refractivity contribution in [2.75, 3.05) is 0 Å². The summed E-state index contributed by atoms with van der Waals surface area (Å²) in [5.74, 6) is -0.473. The lowest BCUT2D eigenvalue weighted by atomic mass is 9.92. The van der Waals surface area contributed by atoms with Crippen LogP contribution in [-0.2, 0) is 15.1 Å². The number of ether oxygens (including phenoxy) is 1. The van der Waals surface area contributed by atoms with Crippen molar-refractivity contribution < 1.29 is 18.3 Å². The van der Waals surface area contributed by atoms with E-state index in [9.17, 15) is 13.6 Å². The lowest BCUT2D eigenvalue weighted by Crippen LogP contribution is -2.29. The SMILES string of the molecule is CC1(c2ccc(F)cc2)OC(/C=C/c2ccc(F)cc2)=CC1=O. The van der Waals surface area contributed by atoms with E-state index < -0.39 is 5.60 Å². The number of carbonyl (C=O) groups excluding carboxylic acids is 1. The van der Waals surface area contributed by atoms with E-state index >= 15 is 0 Å². The second kappa shape index (κ2) is 5.80. The van der Waals surface area contributed by atoms with Crippen molar-refractivity contribution in [1.82, 2.24) is 0 Å². The molecule has 0 N–H and O–H groups in total. The molecule has 0 radical (unpaired) electrons. The summed E-state index contributed by atoms with van der Waals surface area (Å²) < 4.78 is 31.7. The number of halogens is 2. The van der Waals surface area contributed by atoms with E-state index in [-0.39, 0.29) is 17.4 Å². The molecule has 1 unspecified atom stereocenters. The van der Waals surface area contributed by atoms with E-state index in [0.29, 0.717) is 11.3 Å². The van der Waals surface area contributed by atoms with Crippen LogP contribution >= 0.6 is 0 Å². The fourth-order valence-corrected chi connectivity index (χ4v) is 2.39. The van der Waals surface area contributed by atoms with Gasteiger partial charge in [0.1, 0.15) is 17.4 Å². The Bertz CT molecular complexity index is 789. The highest BCUT2D eigenvalue weighted by molar-refractivity contribution is 6.00. The van der Waals surface area contributed by atoms with Gasteiger partial charge in [-0.2, -0.15) is 0 Å². The molecule has 1 aliphatic rings. The van der Waals surface area contributed by atoms with Crippen molar-refractivity contribution >= 4 is 11.9 Å². The van der Waals surface area contributed by atoms with E-state index in [1.165, 1.54) is 42.5 Å². The number of rotatable bonds is 3. The molecule has 0 saturated heterocycles. The monoisotopic (exact) mass is 312 g/mol. The third-order valence-corrected chi connectivity index (χ3v) is 3.77. The molecule has 2 aromatic rings. The zero-order valence-corrected chi connectivity index (χ0v) is 12.4. The Morgan fingerprint density at radius 2 is 1.48 bits per heavy atom. The standard InChI is InChI=1S/C19H14F2O2/c1-19(14-5-9-16(21)10-6-14)18(22)12-17(23-19)11-4-13-2-7-15(20)8-3-13/h2-12H,1H3/b11-4+.